The lowest BCUT2D eigenvalue weighted by molar-refractivity contribution is -0.140. The van der Waals surface area contributed by atoms with E-state index in [2.05, 4.69) is 5.32 Å². The first-order valence-corrected chi connectivity index (χ1v) is 14.8. The molecule has 0 saturated heterocycles. The van der Waals surface area contributed by atoms with Gasteiger partial charge in [0.15, 0.2) is 0 Å². The summed E-state index contributed by atoms with van der Waals surface area (Å²) in [6.07, 6.45) is 0.273. The summed E-state index contributed by atoms with van der Waals surface area (Å²) in [6, 6.07) is 14.5. The lowest BCUT2D eigenvalue weighted by Gasteiger charge is -2.33. The van der Waals surface area contributed by atoms with E-state index in [4.69, 9.17) is 46.4 Å². The summed E-state index contributed by atoms with van der Waals surface area (Å²) >= 11 is 24.8. The fourth-order valence-electron chi connectivity index (χ4n) is 3.95. The van der Waals surface area contributed by atoms with Crippen molar-refractivity contribution < 1.29 is 18.0 Å². The van der Waals surface area contributed by atoms with E-state index >= 15 is 0 Å². The van der Waals surface area contributed by atoms with E-state index in [1.165, 1.54) is 42.3 Å². The molecule has 0 aliphatic carbocycles. The molecule has 7 nitrogen and oxygen atoms in total. The third-order valence-corrected chi connectivity index (χ3v) is 9.10. The molecule has 0 aliphatic heterocycles. The maximum Gasteiger partial charge on any atom is 0.264 e. The molecule has 3 rings (SSSR count). The molecule has 0 aromatic heterocycles. The first-order chi connectivity index (χ1) is 18.4. The van der Waals surface area contributed by atoms with Crippen LogP contribution in [0.4, 0.5) is 5.69 Å². The molecule has 208 valence electrons. The second-order valence-corrected chi connectivity index (χ2v) is 12.2. The number of sulfonamides is 1. The minimum absolute atomic E-state index is 0.0245. The molecule has 0 spiro atoms. The van der Waals surface area contributed by atoms with E-state index in [1.54, 1.807) is 37.3 Å². The van der Waals surface area contributed by atoms with Gasteiger partial charge in [-0.05, 0) is 61.4 Å². The van der Waals surface area contributed by atoms with Crippen LogP contribution in [0.5, 0.6) is 0 Å². The number of anilines is 1. The molecular weight excluding hydrogens is 604 g/mol. The minimum atomic E-state index is -4.28. The van der Waals surface area contributed by atoms with Crippen LogP contribution in [0, 0.1) is 6.92 Å². The van der Waals surface area contributed by atoms with Gasteiger partial charge in [0.05, 0.1) is 25.7 Å². The molecule has 0 bridgehead atoms. The van der Waals surface area contributed by atoms with Crippen LogP contribution in [-0.2, 0) is 26.2 Å². The number of amides is 2. The number of nitrogens with one attached hydrogen (secondary N) is 1. The third-order valence-electron chi connectivity index (χ3n) is 6.03. The Morgan fingerprint density at radius 2 is 1.54 bits per heavy atom. The van der Waals surface area contributed by atoms with Crippen LogP contribution in [0.1, 0.15) is 24.5 Å². The first kappa shape index (κ1) is 31.0. The van der Waals surface area contributed by atoms with Crippen LogP contribution in [0.15, 0.2) is 65.6 Å². The van der Waals surface area contributed by atoms with Gasteiger partial charge in [-0.1, -0.05) is 77.1 Å². The molecule has 0 aliphatic rings. The maximum atomic E-state index is 13.9. The van der Waals surface area contributed by atoms with Gasteiger partial charge in [0, 0.05) is 18.6 Å². The van der Waals surface area contributed by atoms with E-state index < -0.39 is 34.4 Å². The fraction of sp³-hybridized carbons (Fsp3) is 0.259. The van der Waals surface area contributed by atoms with Gasteiger partial charge < -0.3 is 10.2 Å². The highest BCUT2D eigenvalue weighted by Crippen LogP contribution is 2.33. The second-order valence-electron chi connectivity index (χ2n) is 8.73. The summed E-state index contributed by atoms with van der Waals surface area (Å²) in [6.45, 7) is 2.91. The highest BCUT2D eigenvalue weighted by molar-refractivity contribution is 7.92. The second kappa shape index (κ2) is 13.2. The summed E-state index contributed by atoms with van der Waals surface area (Å²) in [7, 11) is -2.81. The van der Waals surface area contributed by atoms with Crippen molar-refractivity contribution in [2.45, 2.75) is 37.8 Å². The van der Waals surface area contributed by atoms with Gasteiger partial charge in [-0.3, -0.25) is 13.9 Å². The van der Waals surface area contributed by atoms with E-state index in [9.17, 15) is 18.0 Å². The number of likely N-dealkylation sites (N-methyl/N-ethyl adjacent to an activating group) is 1. The van der Waals surface area contributed by atoms with Gasteiger partial charge in [0.1, 0.15) is 12.6 Å². The predicted molar refractivity (Wildman–Crippen MR) is 157 cm³/mol. The number of rotatable bonds is 10. The van der Waals surface area contributed by atoms with Crippen LogP contribution in [0.25, 0.3) is 0 Å². The standard InChI is InChI=1S/C27H27Cl4N3O4S/c1-4-24(27(36)32-3)33(15-18-7-11-21(29)23(31)13-18)26(35)16-34(25-14-19(28)8-12-22(25)30)39(37,38)20-9-5-17(2)6-10-20/h5-14,24H,4,15-16H2,1-3H3,(H,32,36)/t24-/m1/s1. The van der Waals surface area contributed by atoms with Gasteiger partial charge in [0.2, 0.25) is 11.8 Å². The van der Waals surface area contributed by atoms with Crippen molar-refractivity contribution in [2.75, 3.05) is 17.9 Å². The minimum Gasteiger partial charge on any atom is -0.357 e. The van der Waals surface area contributed by atoms with Gasteiger partial charge >= 0.3 is 0 Å². The summed E-state index contributed by atoms with van der Waals surface area (Å²) in [5, 5.41) is 3.50. The molecule has 0 saturated carbocycles. The molecule has 0 heterocycles. The Balaban J connectivity index is 2.11. The van der Waals surface area contributed by atoms with Gasteiger partial charge in [-0.2, -0.15) is 0 Å². The fourth-order valence-corrected chi connectivity index (χ4v) is 6.13. The number of aryl methyl sites for hydroxylation is 1. The van der Waals surface area contributed by atoms with E-state index in [0.717, 1.165) is 9.87 Å². The Hall–Kier alpha value is -2.49. The maximum absolute atomic E-state index is 13.9. The molecule has 12 heteroatoms. The molecule has 0 fully saturated rings. The number of hydrogen-bond donors (Lipinski definition) is 1. The monoisotopic (exact) mass is 629 g/mol. The normalized spacial score (nSPS) is 12.1. The zero-order chi connectivity index (χ0) is 28.9. The van der Waals surface area contributed by atoms with Crippen LogP contribution in [0.2, 0.25) is 20.1 Å². The Bertz CT molecular complexity index is 1470. The number of halogens is 4. The Morgan fingerprint density at radius 1 is 0.897 bits per heavy atom. The van der Waals surface area contributed by atoms with Gasteiger partial charge in [-0.25, -0.2) is 8.42 Å². The Morgan fingerprint density at radius 3 is 2.13 bits per heavy atom. The molecule has 1 N–H and O–H groups in total. The summed E-state index contributed by atoms with van der Waals surface area (Å²) < 4.78 is 28.7. The molecule has 0 radical (unpaired) electrons. The average molecular weight is 631 g/mol. The largest absolute Gasteiger partial charge is 0.357 e. The van der Waals surface area contributed by atoms with Crippen molar-refractivity contribution >= 4 is 73.9 Å². The molecule has 3 aromatic rings. The summed E-state index contributed by atoms with van der Waals surface area (Å²) in [5.74, 6) is -1.04. The average Bonchev–Trinajstić information content (AvgIpc) is 2.90. The first-order valence-electron chi connectivity index (χ1n) is 11.9. The molecule has 3 aromatic carbocycles. The van der Waals surface area contributed by atoms with Gasteiger partial charge in [0.25, 0.3) is 10.0 Å². The van der Waals surface area contributed by atoms with Gasteiger partial charge in [-0.15, -0.1) is 0 Å². The van der Waals surface area contributed by atoms with Crippen LogP contribution in [0.3, 0.4) is 0 Å². The van der Waals surface area contributed by atoms with Crippen molar-refractivity contribution in [1.82, 2.24) is 10.2 Å². The number of carbonyl (C=O) groups excluding carboxylic acids is 2. The molecule has 1 atom stereocenters. The SMILES string of the molecule is CC[C@H](C(=O)NC)N(Cc1ccc(Cl)c(Cl)c1)C(=O)CN(c1cc(Cl)ccc1Cl)S(=O)(=O)c1ccc(C)cc1. The number of nitrogens with zero attached hydrogens (tertiary/aromatic N) is 2. The topological polar surface area (TPSA) is 86.8 Å². The number of benzene rings is 3. The smallest absolute Gasteiger partial charge is 0.264 e. The van der Waals surface area contributed by atoms with E-state index in [0.29, 0.717) is 10.6 Å². The van der Waals surface area contributed by atoms with Crippen LogP contribution < -0.4 is 9.62 Å². The van der Waals surface area contributed by atoms with Crippen molar-refractivity contribution in [2.24, 2.45) is 0 Å². The van der Waals surface area contributed by atoms with Crippen molar-refractivity contribution in [1.29, 1.82) is 0 Å². The predicted octanol–water partition coefficient (Wildman–Crippen LogP) is 6.36. The van der Waals surface area contributed by atoms with Crippen molar-refractivity contribution in [3.05, 3.63) is 91.9 Å². The number of carbonyl (C=O) groups is 2. The van der Waals surface area contributed by atoms with Crippen molar-refractivity contribution in [3.63, 3.8) is 0 Å². The van der Waals surface area contributed by atoms with Crippen molar-refractivity contribution in [3.8, 4) is 0 Å². The Labute approximate surface area is 248 Å². The highest BCUT2D eigenvalue weighted by Gasteiger charge is 2.34. The zero-order valence-corrected chi connectivity index (χ0v) is 25.3. The molecule has 2 amide bonds. The molecule has 39 heavy (non-hydrogen) atoms. The summed E-state index contributed by atoms with van der Waals surface area (Å²) in [4.78, 5) is 28.0. The lowest BCUT2D eigenvalue weighted by atomic mass is 10.1. The lowest BCUT2D eigenvalue weighted by Crippen LogP contribution is -2.51. The van der Waals surface area contributed by atoms with Crippen LogP contribution >= 0.6 is 46.4 Å². The third kappa shape index (κ3) is 7.38. The van der Waals surface area contributed by atoms with E-state index in [-0.39, 0.29) is 38.6 Å². The summed E-state index contributed by atoms with van der Waals surface area (Å²) in [5.41, 5.74) is 1.50. The number of hydrogen-bond acceptors (Lipinski definition) is 4. The zero-order valence-electron chi connectivity index (χ0n) is 21.4. The highest BCUT2D eigenvalue weighted by atomic mass is 35.5. The molecular formula is C27H27Cl4N3O4S. The van der Waals surface area contributed by atoms with E-state index in [1.807, 2.05) is 6.92 Å². The quantitative estimate of drug-likeness (QED) is 0.283. The van der Waals surface area contributed by atoms with Crippen LogP contribution in [-0.4, -0.2) is 44.8 Å². The molecule has 0 unspecified atom stereocenters. The Kier molecular flexibility index (Phi) is 10.5.